The zero-order valence-electron chi connectivity index (χ0n) is 16.5. The van der Waals surface area contributed by atoms with Crippen molar-refractivity contribution in [2.75, 3.05) is 13.2 Å². The molecule has 3 heterocycles. The average molecular weight is 425 g/mol. The molecule has 3 aromatic rings. The molecule has 7 nitrogen and oxygen atoms in total. The van der Waals surface area contributed by atoms with Crippen molar-refractivity contribution in [1.82, 2.24) is 20.2 Å². The Hall–Kier alpha value is -2.81. The summed E-state index contributed by atoms with van der Waals surface area (Å²) in [5.41, 5.74) is 2.31. The third-order valence-electron chi connectivity index (χ3n) is 5.32. The number of carbonyl (C=O) groups excluding carboxylic acids is 1. The van der Waals surface area contributed by atoms with Crippen LogP contribution in [0.25, 0.3) is 11.3 Å². The van der Waals surface area contributed by atoms with Crippen LogP contribution < -0.4 is 10.9 Å². The number of thiazole rings is 1. The molecule has 156 valence electrons. The van der Waals surface area contributed by atoms with E-state index in [0.717, 1.165) is 41.3 Å². The van der Waals surface area contributed by atoms with Gasteiger partial charge in [-0.25, -0.2) is 4.98 Å². The molecular formula is C22H24N4O3S. The summed E-state index contributed by atoms with van der Waals surface area (Å²) in [4.78, 5) is 34.4. The number of H-pyrrole nitrogens is 1. The van der Waals surface area contributed by atoms with Crippen molar-refractivity contribution in [2.24, 2.45) is 0 Å². The van der Waals surface area contributed by atoms with Crippen molar-refractivity contribution in [1.29, 1.82) is 0 Å². The molecule has 1 aliphatic rings. The molecule has 0 radical (unpaired) electrons. The number of hydrogen-bond acceptors (Lipinski definition) is 6. The summed E-state index contributed by atoms with van der Waals surface area (Å²) < 4.78 is 0. The Balaban J connectivity index is 1.37. The Bertz CT molecular complexity index is 1060. The van der Waals surface area contributed by atoms with Gasteiger partial charge in [-0.1, -0.05) is 30.3 Å². The van der Waals surface area contributed by atoms with Crippen molar-refractivity contribution in [3.8, 4) is 11.3 Å². The maximum atomic E-state index is 12.5. The summed E-state index contributed by atoms with van der Waals surface area (Å²) in [5, 5.41) is 14.9. The van der Waals surface area contributed by atoms with Gasteiger partial charge in [0.25, 0.3) is 11.5 Å². The Morgan fingerprint density at radius 2 is 2.10 bits per heavy atom. The maximum Gasteiger partial charge on any atom is 0.261 e. The van der Waals surface area contributed by atoms with Gasteiger partial charge in [0.2, 0.25) is 0 Å². The molecule has 30 heavy (non-hydrogen) atoms. The van der Waals surface area contributed by atoms with Gasteiger partial charge in [-0.05, 0) is 31.5 Å². The third kappa shape index (κ3) is 4.67. The Morgan fingerprint density at radius 3 is 2.87 bits per heavy atom. The molecule has 0 aliphatic carbocycles. The second kappa shape index (κ2) is 9.34. The number of pyridine rings is 1. The minimum atomic E-state index is -0.423. The molecule has 0 bridgehead atoms. The number of carbonyl (C=O) groups is 1. The van der Waals surface area contributed by atoms with E-state index in [9.17, 15) is 14.7 Å². The zero-order valence-corrected chi connectivity index (χ0v) is 17.3. The second-order valence-corrected chi connectivity index (χ2v) is 8.29. The summed E-state index contributed by atoms with van der Waals surface area (Å²) in [6, 6.07) is 13.3. The highest BCUT2D eigenvalue weighted by atomic mass is 32.1. The molecule has 3 N–H and O–H groups in total. The highest BCUT2D eigenvalue weighted by molar-refractivity contribution is 7.09. The molecular weight excluding hydrogens is 400 g/mol. The van der Waals surface area contributed by atoms with E-state index in [2.05, 4.69) is 20.2 Å². The van der Waals surface area contributed by atoms with Crippen LogP contribution in [0, 0.1) is 0 Å². The average Bonchev–Trinajstić information content (AvgIpc) is 3.42. The maximum absolute atomic E-state index is 12.5. The molecule has 1 aromatic carbocycles. The Kier molecular flexibility index (Phi) is 6.37. The Labute approximate surface area is 178 Å². The number of nitrogens with zero attached hydrogens (tertiary/aromatic N) is 2. The number of amides is 1. The van der Waals surface area contributed by atoms with E-state index in [1.807, 2.05) is 35.7 Å². The number of hydrogen-bond donors (Lipinski definition) is 3. The largest absolute Gasteiger partial charge is 0.395 e. The number of benzene rings is 1. The van der Waals surface area contributed by atoms with Gasteiger partial charge in [-0.2, -0.15) is 0 Å². The van der Waals surface area contributed by atoms with Gasteiger partial charge in [-0.15, -0.1) is 11.3 Å². The number of rotatable bonds is 7. The fourth-order valence-electron chi connectivity index (χ4n) is 3.70. The Morgan fingerprint density at radius 1 is 1.27 bits per heavy atom. The first-order valence-electron chi connectivity index (χ1n) is 9.99. The van der Waals surface area contributed by atoms with Crippen LogP contribution in [0.5, 0.6) is 0 Å². The summed E-state index contributed by atoms with van der Waals surface area (Å²) >= 11 is 1.47. The van der Waals surface area contributed by atoms with Gasteiger partial charge >= 0.3 is 0 Å². The van der Waals surface area contributed by atoms with Crippen LogP contribution in [0.2, 0.25) is 0 Å². The van der Waals surface area contributed by atoms with Crippen LogP contribution in [0.4, 0.5) is 0 Å². The topological polar surface area (TPSA) is 98.3 Å². The van der Waals surface area contributed by atoms with Crippen LogP contribution in [0.1, 0.15) is 33.9 Å². The fraction of sp³-hybridized carbons (Fsp3) is 0.318. The lowest BCUT2D eigenvalue weighted by Gasteiger charge is -2.22. The highest BCUT2D eigenvalue weighted by Gasteiger charge is 2.24. The van der Waals surface area contributed by atoms with E-state index in [1.165, 1.54) is 11.3 Å². The van der Waals surface area contributed by atoms with Gasteiger partial charge < -0.3 is 15.4 Å². The van der Waals surface area contributed by atoms with E-state index in [1.54, 1.807) is 12.1 Å². The van der Waals surface area contributed by atoms with Crippen LogP contribution in [-0.4, -0.2) is 45.1 Å². The number of aliphatic hydroxyl groups excluding tert-OH is 1. The summed E-state index contributed by atoms with van der Waals surface area (Å²) in [6.07, 6.45) is 2.00. The van der Waals surface area contributed by atoms with Crippen LogP contribution in [-0.2, 0) is 13.1 Å². The van der Waals surface area contributed by atoms with Gasteiger partial charge in [0.05, 0.1) is 18.8 Å². The van der Waals surface area contributed by atoms with Crippen molar-refractivity contribution in [3.05, 3.63) is 74.5 Å². The van der Waals surface area contributed by atoms with Crippen LogP contribution >= 0.6 is 11.3 Å². The fourth-order valence-corrected chi connectivity index (χ4v) is 4.44. The molecule has 1 amide bonds. The number of likely N-dealkylation sites (tertiary alicyclic amines) is 1. The van der Waals surface area contributed by atoms with E-state index >= 15 is 0 Å². The molecule has 0 unspecified atom stereocenters. The summed E-state index contributed by atoms with van der Waals surface area (Å²) in [5.74, 6) is -0.423. The SMILES string of the molecule is O=C(NCc1nc(-c2ccccc2)cs1)c1ccc(CN2CCC[C@H]2CO)[nH]c1=O. The molecule has 2 aromatic heterocycles. The molecule has 8 heteroatoms. The lowest BCUT2D eigenvalue weighted by molar-refractivity contribution is 0.0949. The molecule has 0 spiro atoms. The first-order valence-corrected chi connectivity index (χ1v) is 10.9. The van der Waals surface area contributed by atoms with Crippen molar-refractivity contribution in [2.45, 2.75) is 32.0 Å². The molecule has 1 atom stereocenters. The molecule has 1 aliphatic heterocycles. The minimum absolute atomic E-state index is 0.0821. The van der Waals surface area contributed by atoms with Crippen LogP contribution in [0.15, 0.2) is 52.6 Å². The first-order chi connectivity index (χ1) is 14.6. The number of aromatic amines is 1. The van der Waals surface area contributed by atoms with Crippen LogP contribution in [0.3, 0.4) is 0 Å². The smallest absolute Gasteiger partial charge is 0.261 e. The second-order valence-electron chi connectivity index (χ2n) is 7.35. The highest BCUT2D eigenvalue weighted by Crippen LogP contribution is 2.21. The monoisotopic (exact) mass is 424 g/mol. The van der Waals surface area contributed by atoms with E-state index in [-0.39, 0.29) is 24.8 Å². The molecule has 1 fully saturated rings. The van der Waals surface area contributed by atoms with Gasteiger partial charge in [-0.3, -0.25) is 14.5 Å². The molecule has 0 saturated carbocycles. The van der Waals surface area contributed by atoms with E-state index < -0.39 is 11.5 Å². The minimum Gasteiger partial charge on any atom is -0.395 e. The van der Waals surface area contributed by atoms with Gasteiger partial charge in [0.1, 0.15) is 10.6 Å². The first kappa shape index (κ1) is 20.5. The standard InChI is InChI=1S/C22H24N4O3S/c27-13-17-7-4-10-26(17)12-16-8-9-18(22(29)24-16)21(28)23-11-20-25-19(14-30-20)15-5-2-1-3-6-15/h1-3,5-6,8-9,14,17,27H,4,7,10-13H2,(H,23,28)(H,24,29)/t17-/m0/s1. The third-order valence-corrected chi connectivity index (χ3v) is 6.17. The zero-order chi connectivity index (χ0) is 20.9. The van der Waals surface area contributed by atoms with Gasteiger partial charge in [0.15, 0.2) is 0 Å². The van der Waals surface area contributed by atoms with E-state index in [0.29, 0.717) is 6.54 Å². The normalized spacial score (nSPS) is 16.6. The van der Waals surface area contributed by atoms with Gasteiger partial charge in [0, 0.05) is 29.2 Å². The van der Waals surface area contributed by atoms with Crippen molar-refractivity contribution in [3.63, 3.8) is 0 Å². The number of aromatic nitrogens is 2. The van der Waals surface area contributed by atoms with E-state index in [4.69, 9.17) is 0 Å². The predicted molar refractivity (Wildman–Crippen MR) is 116 cm³/mol. The number of aliphatic hydroxyl groups is 1. The summed E-state index contributed by atoms with van der Waals surface area (Å²) in [7, 11) is 0. The molecule has 4 rings (SSSR count). The lowest BCUT2D eigenvalue weighted by Crippen LogP contribution is -2.33. The predicted octanol–water partition coefficient (Wildman–Crippen LogP) is 2.39. The number of nitrogens with one attached hydrogen (secondary N) is 2. The molecule has 1 saturated heterocycles. The van der Waals surface area contributed by atoms with Crippen molar-refractivity contribution >= 4 is 17.2 Å². The quantitative estimate of drug-likeness (QED) is 0.541. The van der Waals surface area contributed by atoms with Crippen molar-refractivity contribution < 1.29 is 9.90 Å². The summed E-state index contributed by atoms with van der Waals surface area (Å²) in [6.45, 7) is 1.84. The lowest BCUT2D eigenvalue weighted by atomic mass is 10.2.